The van der Waals surface area contributed by atoms with Crippen LogP contribution in [0.2, 0.25) is 10.2 Å². The first-order valence-electron chi connectivity index (χ1n) is 6.99. The van der Waals surface area contributed by atoms with Crippen molar-refractivity contribution in [1.82, 2.24) is 15.1 Å². The smallest absolute Gasteiger partial charge is 0.274 e. The molecular formula is C15H16Cl2N4O3. The Labute approximate surface area is 148 Å². The zero-order valence-electron chi connectivity index (χ0n) is 13.2. The number of halogens is 2. The van der Waals surface area contributed by atoms with Crippen LogP contribution in [0.5, 0.6) is 0 Å². The molecule has 0 aliphatic rings. The van der Waals surface area contributed by atoms with Gasteiger partial charge in [0.1, 0.15) is 11.9 Å². The Hall–Kier alpha value is -2.09. The molecule has 128 valence electrons. The number of rotatable bonds is 4. The Bertz CT molecular complexity index is 802. The Morgan fingerprint density at radius 2 is 1.92 bits per heavy atom. The Morgan fingerprint density at radius 1 is 1.25 bits per heavy atom. The van der Waals surface area contributed by atoms with Crippen LogP contribution in [-0.4, -0.2) is 32.9 Å². The first-order chi connectivity index (χ1) is 11.2. The highest BCUT2D eigenvalue weighted by Gasteiger charge is 2.20. The predicted octanol–water partition coefficient (Wildman–Crippen LogP) is 2.36. The van der Waals surface area contributed by atoms with Gasteiger partial charge in [-0.2, -0.15) is 5.10 Å². The first-order valence-corrected chi connectivity index (χ1v) is 7.74. The third kappa shape index (κ3) is 4.05. The van der Waals surface area contributed by atoms with E-state index in [4.69, 9.17) is 23.2 Å². The molecule has 3 N–H and O–H groups in total. The Morgan fingerprint density at radius 3 is 2.46 bits per heavy atom. The molecule has 0 fully saturated rings. The minimum atomic E-state index is -1.05. The summed E-state index contributed by atoms with van der Waals surface area (Å²) < 4.78 is 1.33. The number of aryl methyl sites for hydroxylation is 2. The number of hydrogen-bond acceptors (Lipinski definition) is 4. The summed E-state index contributed by atoms with van der Waals surface area (Å²) in [6.45, 7) is 3.11. The molecule has 0 radical (unpaired) electrons. The van der Waals surface area contributed by atoms with Gasteiger partial charge in [-0.15, -0.1) is 0 Å². The lowest BCUT2D eigenvalue weighted by molar-refractivity contribution is 0.0819. The van der Waals surface area contributed by atoms with Gasteiger partial charge in [0.05, 0.1) is 11.3 Å². The van der Waals surface area contributed by atoms with Gasteiger partial charge in [-0.05, 0) is 31.5 Å². The fraction of sp³-hybridized carbons (Fsp3) is 0.267. The van der Waals surface area contributed by atoms with Crippen molar-refractivity contribution in [1.29, 1.82) is 0 Å². The summed E-state index contributed by atoms with van der Waals surface area (Å²) in [7, 11) is 1.58. The number of nitrogens with zero attached hydrogens (tertiary/aromatic N) is 2. The number of benzene rings is 1. The number of amides is 2. The maximum atomic E-state index is 12.4. The van der Waals surface area contributed by atoms with E-state index in [0.717, 1.165) is 0 Å². The van der Waals surface area contributed by atoms with Crippen molar-refractivity contribution in [3.05, 3.63) is 45.2 Å². The highest BCUT2D eigenvalue weighted by Crippen LogP contribution is 2.26. The van der Waals surface area contributed by atoms with Gasteiger partial charge in [-0.1, -0.05) is 23.2 Å². The van der Waals surface area contributed by atoms with Crippen LogP contribution < -0.4 is 10.6 Å². The molecule has 1 aromatic heterocycles. The lowest BCUT2D eigenvalue weighted by atomic mass is 10.1. The van der Waals surface area contributed by atoms with Crippen molar-refractivity contribution in [3.8, 4) is 0 Å². The quantitative estimate of drug-likeness (QED) is 0.719. The molecule has 0 aliphatic heterocycles. The Balaban J connectivity index is 2.40. The normalized spacial score (nSPS) is 11.9. The lowest BCUT2D eigenvalue weighted by Crippen LogP contribution is -2.33. The van der Waals surface area contributed by atoms with Gasteiger partial charge in [0, 0.05) is 18.1 Å². The van der Waals surface area contributed by atoms with Crippen molar-refractivity contribution < 1.29 is 14.7 Å². The van der Waals surface area contributed by atoms with Gasteiger partial charge in [0.15, 0.2) is 5.15 Å². The molecule has 0 bridgehead atoms. The van der Waals surface area contributed by atoms with E-state index in [0.29, 0.717) is 16.3 Å². The summed E-state index contributed by atoms with van der Waals surface area (Å²) in [4.78, 5) is 24.7. The molecule has 0 aliphatic carbocycles. The van der Waals surface area contributed by atoms with Crippen molar-refractivity contribution in [3.63, 3.8) is 0 Å². The summed E-state index contributed by atoms with van der Waals surface area (Å²) in [5.41, 5.74) is 1.26. The maximum Gasteiger partial charge on any atom is 0.274 e. The molecule has 2 rings (SSSR count). The second-order valence-electron chi connectivity index (χ2n) is 5.22. The highest BCUT2D eigenvalue weighted by atomic mass is 35.5. The zero-order valence-corrected chi connectivity index (χ0v) is 14.7. The van der Waals surface area contributed by atoms with Gasteiger partial charge in [-0.25, -0.2) is 0 Å². The third-order valence-corrected chi connectivity index (χ3v) is 3.61. The average Bonchev–Trinajstić information content (AvgIpc) is 2.79. The minimum absolute atomic E-state index is 0.141. The van der Waals surface area contributed by atoms with Crippen molar-refractivity contribution in [2.24, 2.45) is 7.05 Å². The van der Waals surface area contributed by atoms with E-state index >= 15 is 0 Å². The molecule has 1 aromatic carbocycles. The largest absolute Gasteiger partial charge is 0.374 e. The van der Waals surface area contributed by atoms with E-state index < -0.39 is 18.0 Å². The molecule has 7 nitrogen and oxygen atoms in total. The van der Waals surface area contributed by atoms with Crippen molar-refractivity contribution in [2.75, 3.05) is 5.32 Å². The number of aliphatic hydroxyl groups excluding tert-OH is 1. The fourth-order valence-corrected chi connectivity index (χ4v) is 2.67. The molecule has 1 unspecified atom stereocenters. The number of anilines is 1. The highest BCUT2D eigenvalue weighted by molar-refractivity contribution is 6.31. The molecule has 1 heterocycles. The van der Waals surface area contributed by atoms with Crippen LogP contribution in [0.3, 0.4) is 0 Å². The first kappa shape index (κ1) is 18.3. The van der Waals surface area contributed by atoms with E-state index in [1.165, 1.54) is 23.7 Å². The average molecular weight is 371 g/mol. The van der Waals surface area contributed by atoms with Crippen LogP contribution in [0.1, 0.15) is 33.3 Å². The number of carbonyl (C=O) groups excluding carboxylic acids is 2. The van der Waals surface area contributed by atoms with Crippen molar-refractivity contribution in [2.45, 2.75) is 20.1 Å². The molecule has 2 amide bonds. The zero-order chi connectivity index (χ0) is 18.0. The second-order valence-corrected chi connectivity index (χ2v) is 6.05. The van der Waals surface area contributed by atoms with Crippen LogP contribution in [-0.2, 0) is 7.05 Å². The van der Waals surface area contributed by atoms with Crippen LogP contribution in [0.15, 0.2) is 18.2 Å². The molecular weight excluding hydrogens is 355 g/mol. The van der Waals surface area contributed by atoms with Crippen LogP contribution in [0, 0.1) is 6.92 Å². The second kappa shape index (κ2) is 7.21. The molecule has 0 saturated heterocycles. The van der Waals surface area contributed by atoms with Crippen LogP contribution in [0.25, 0.3) is 0 Å². The van der Waals surface area contributed by atoms with Gasteiger partial charge < -0.3 is 15.7 Å². The van der Waals surface area contributed by atoms with Gasteiger partial charge >= 0.3 is 0 Å². The molecule has 0 saturated carbocycles. The molecule has 0 spiro atoms. The van der Waals surface area contributed by atoms with Crippen LogP contribution in [0.4, 0.5) is 5.69 Å². The van der Waals surface area contributed by atoms with E-state index in [-0.39, 0.29) is 16.4 Å². The number of carbonyl (C=O) groups is 2. The number of aromatic nitrogens is 2. The number of aliphatic hydroxyl groups is 1. The van der Waals surface area contributed by atoms with E-state index in [1.54, 1.807) is 20.0 Å². The van der Waals surface area contributed by atoms with E-state index in [1.807, 2.05) is 0 Å². The standard InChI is InChI=1S/C15H16Cl2N4O3/c1-7-4-9(16)5-10(14(23)18-8(2)22)13(7)19-15(24)11-6-12(17)20-21(11)3/h4-6,8,22H,1-3H3,(H,18,23)(H,19,24). The maximum absolute atomic E-state index is 12.4. The molecule has 1 atom stereocenters. The predicted molar refractivity (Wildman–Crippen MR) is 91.5 cm³/mol. The SMILES string of the molecule is Cc1cc(Cl)cc(C(=O)NC(C)O)c1NC(=O)c1cc(Cl)nn1C. The van der Waals surface area contributed by atoms with Gasteiger partial charge in [-0.3, -0.25) is 14.3 Å². The number of nitrogens with one attached hydrogen (secondary N) is 2. The Kier molecular flexibility index (Phi) is 5.48. The van der Waals surface area contributed by atoms with E-state index in [2.05, 4.69) is 15.7 Å². The molecule has 9 heteroatoms. The summed E-state index contributed by atoms with van der Waals surface area (Å²) in [6, 6.07) is 4.45. The third-order valence-electron chi connectivity index (χ3n) is 3.21. The van der Waals surface area contributed by atoms with Gasteiger partial charge in [0.2, 0.25) is 0 Å². The lowest BCUT2D eigenvalue weighted by Gasteiger charge is -2.15. The van der Waals surface area contributed by atoms with E-state index in [9.17, 15) is 14.7 Å². The molecule has 24 heavy (non-hydrogen) atoms. The monoisotopic (exact) mass is 370 g/mol. The molecule has 2 aromatic rings. The topological polar surface area (TPSA) is 96.2 Å². The summed E-state index contributed by atoms with van der Waals surface area (Å²) in [6.07, 6.45) is -1.05. The van der Waals surface area contributed by atoms with Crippen LogP contribution >= 0.6 is 23.2 Å². The summed E-state index contributed by atoms with van der Waals surface area (Å²) >= 11 is 11.8. The van der Waals surface area contributed by atoms with Gasteiger partial charge in [0.25, 0.3) is 11.8 Å². The summed E-state index contributed by atoms with van der Waals surface area (Å²) in [5.74, 6) is -1.04. The fourth-order valence-electron chi connectivity index (χ4n) is 2.18. The number of hydrogen-bond donors (Lipinski definition) is 3. The minimum Gasteiger partial charge on any atom is -0.374 e. The summed E-state index contributed by atoms with van der Waals surface area (Å²) in [5, 5.41) is 18.8. The van der Waals surface area contributed by atoms with Crippen molar-refractivity contribution >= 4 is 40.7 Å².